The van der Waals surface area contributed by atoms with E-state index in [1.165, 1.54) is 37.8 Å². The van der Waals surface area contributed by atoms with E-state index in [9.17, 15) is 0 Å². The van der Waals surface area contributed by atoms with Gasteiger partial charge in [0.25, 0.3) is 0 Å². The molecule has 0 bridgehead atoms. The summed E-state index contributed by atoms with van der Waals surface area (Å²) in [5.41, 5.74) is 7.16. The van der Waals surface area contributed by atoms with Crippen molar-refractivity contribution in [1.29, 1.82) is 0 Å². The standard InChI is InChI=1S/C22H23NS/c1-16-4-9-21(10-5-16)24-22-11-7-20(8-12-22)23-14-18-6-3-17(2)13-19(18)15-23/h3-7,9-11,13H,8,12,14-15H2,1-2H3. The summed E-state index contributed by atoms with van der Waals surface area (Å²) in [5, 5.41) is 0. The van der Waals surface area contributed by atoms with Gasteiger partial charge in [-0.2, -0.15) is 0 Å². The highest BCUT2D eigenvalue weighted by Gasteiger charge is 2.21. The first-order valence-electron chi connectivity index (χ1n) is 8.65. The van der Waals surface area contributed by atoms with Crippen LogP contribution in [0.15, 0.2) is 70.1 Å². The minimum Gasteiger partial charge on any atom is -0.366 e. The smallest absolute Gasteiger partial charge is 0.0433 e. The Morgan fingerprint density at radius 2 is 1.54 bits per heavy atom. The predicted molar refractivity (Wildman–Crippen MR) is 103 cm³/mol. The molecule has 0 saturated carbocycles. The lowest BCUT2D eigenvalue weighted by atomic mass is 10.1. The first-order chi connectivity index (χ1) is 11.7. The van der Waals surface area contributed by atoms with Gasteiger partial charge in [0.1, 0.15) is 0 Å². The first kappa shape index (κ1) is 15.6. The van der Waals surface area contributed by atoms with Crippen LogP contribution in [0.3, 0.4) is 0 Å². The number of fused-ring (bicyclic) bond motifs is 1. The van der Waals surface area contributed by atoms with Gasteiger partial charge in [-0.25, -0.2) is 0 Å². The molecule has 122 valence electrons. The molecule has 0 saturated heterocycles. The van der Waals surface area contributed by atoms with Gasteiger partial charge in [-0.15, -0.1) is 0 Å². The molecule has 1 aliphatic heterocycles. The van der Waals surface area contributed by atoms with E-state index in [-0.39, 0.29) is 0 Å². The zero-order valence-corrected chi connectivity index (χ0v) is 15.2. The minimum absolute atomic E-state index is 1.07. The van der Waals surface area contributed by atoms with Crippen molar-refractivity contribution in [3.05, 3.63) is 87.5 Å². The van der Waals surface area contributed by atoms with E-state index in [0.717, 1.165) is 25.9 Å². The van der Waals surface area contributed by atoms with E-state index >= 15 is 0 Å². The molecule has 0 radical (unpaired) electrons. The molecule has 0 fully saturated rings. The zero-order valence-electron chi connectivity index (χ0n) is 14.4. The monoisotopic (exact) mass is 333 g/mol. The number of allylic oxidation sites excluding steroid dienone is 4. The highest BCUT2D eigenvalue weighted by molar-refractivity contribution is 8.03. The third-order valence-electron chi connectivity index (χ3n) is 4.85. The Kier molecular flexibility index (Phi) is 4.24. The van der Waals surface area contributed by atoms with Crippen molar-refractivity contribution in [2.45, 2.75) is 44.7 Å². The van der Waals surface area contributed by atoms with Crippen LogP contribution in [0.25, 0.3) is 0 Å². The van der Waals surface area contributed by atoms with E-state index in [0.29, 0.717) is 0 Å². The summed E-state index contributed by atoms with van der Waals surface area (Å²) in [7, 11) is 0. The summed E-state index contributed by atoms with van der Waals surface area (Å²) in [6.07, 6.45) is 6.95. The van der Waals surface area contributed by atoms with E-state index in [1.54, 1.807) is 0 Å². The maximum Gasteiger partial charge on any atom is 0.0433 e. The van der Waals surface area contributed by atoms with Crippen LogP contribution in [0.4, 0.5) is 0 Å². The zero-order chi connectivity index (χ0) is 16.5. The molecule has 24 heavy (non-hydrogen) atoms. The molecular weight excluding hydrogens is 310 g/mol. The summed E-state index contributed by atoms with van der Waals surface area (Å²) in [6, 6.07) is 15.7. The van der Waals surface area contributed by atoms with Crippen LogP contribution in [0, 0.1) is 13.8 Å². The molecule has 1 aliphatic carbocycles. The number of aryl methyl sites for hydroxylation is 2. The summed E-state index contributed by atoms with van der Waals surface area (Å²) in [5.74, 6) is 0. The first-order valence-corrected chi connectivity index (χ1v) is 9.47. The Labute approximate surface area is 149 Å². The lowest BCUT2D eigenvalue weighted by Gasteiger charge is -2.24. The molecular formula is C22H23NS. The molecule has 0 N–H and O–H groups in total. The molecule has 0 amide bonds. The molecule has 1 heterocycles. The Morgan fingerprint density at radius 1 is 0.792 bits per heavy atom. The summed E-state index contributed by atoms with van der Waals surface area (Å²) in [6.45, 7) is 6.45. The molecule has 1 nitrogen and oxygen atoms in total. The quantitative estimate of drug-likeness (QED) is 0.680. The Morgan fingerprint density at radius 3 is 2.29 bits per heavy atom. The third-order valence-corrected chi connectivity index (χ3v) is 5.96. The van der Waals surface area contributed by atoms with Gasteiger partial charge < -0.3 is 4.90 Å². The molecule has 2 aliphatic rings. The lowest BCUT2D eigenvalue weighted by molar-refractivity contribution is 0.348. The van der Waals surface area contributed by atoms with Crippen molar-refractivity contribution >= 4 is 11.8 Å². The molecule has 2 aromatic carbocycles. The second kappa shape index (κ2) is 6.52. The number of thioether (sulfide) groups is 1. The molecule has 0 spiro atoms. The molecule has 0 aromatic heterocycles. The van der Waals surface area contributed by atoms with Gasteiger partial charge in [0.15, 0.2) is 0 Å². The van der Waals surface area contributed by atoms with Gasteiger partial charge >= 0.3 is 0 Å². The van der Waals surface area contributed by atoms with Gasteiger partial charge in [-0.05, 0) is 60.9 Å². The number of rotatable bonds is 3. The van der Waals surface area contributed by atoms with Crippen molar-refractivity contribution < 1.29 is 0 Å². The van der Waals surface area contributed by atoms with Gasteiger partial charge in [0.05, 0.1) is 0 Å². The second-order valence-corrected chi connectivity index (χ2v) is 8.03. The fraction of sp³-hybridized carbons (Fsp3) is 0.273. The Hall–Kier alpha value is -1.93. The maximum absolute atomic E-state index is 2.54. The number of hydrogen-bond acceptors (Lipinski definition) is 2. The summed E-state index contributed by atoms with van der Waals surface area (Å²) >= 11 is 1.91. The van der Waals surface area contributed by atoms with Gasteiger partial charge in [-0.3, -0.25) is 0 Å². The SMILES string of the molecule is Cc1ccc(SC2=CC=C(N3Cc4ccc(C)cc4C3)CC2)cc1. The summed E-state index contributed by atoms with van der Waals surface area (Å²) in [4.78, 5) is 5.34. The third kappa shape index (κ3) is 3.29. The largest absolute Gasteiger partial charge is 0.366 e. The highest BCUT2D eigenvalue weighted by atomic mass is 32.2. The fourth-order valence-corrected chi connectivity index (χ4v) is 4.35. The van der Waals surface area contributed by atoms with E-state index in [4.69, 9.17) is 0 Å². The van der Waals surface area contributed by atoms with Gasteiger partial charge in [0, 0.05) is 23.7 Å². The van der Waals surface area contributed by atoms with Crippen LogP contribution in [-0.4, -0.2) is 4.90 Å². The van der Waals surface area contributed by atoms with Crippen molar-refractivity contribution in [2.75, 3.05) is 0 Å². The Bertz CT molecular complexity index is 814. The average molecular weight is 334 g/mol. The van der Waals surface area contributed by atoms with Crippen molar-refractivity contribution in [2.24, 2.45) is 0 Å². The molecule has 0 atom stereocenters. The lowest BCUT2D eigenvalue weighted by Crippen LogP contribution is -2.16. The van der Waals surface area contributed by atoms with Crippen molar-refractivity contribution in [3.63, 3.8) is 0 Å². The van der Waals surface area contributed by atoms with Crippen LogP contribution in [0.2, 0.25) is 0 Å². The maximum atomic E-state index is 2.54. The number of benzene rings is 2. The van der Waals surface area contributed by atoms with E-state index < -0.39 is 0 Å². The highest BCUT2D eigenvalue weighted by Crippen LogP contribution is 2.36. The number of hydrogen-bond donors (Lipinski definition) is 0. The topological polar surface area (TPSA) is 3.24 Å². The van der Waals surface area contributed by atoms with Gasteiger partial charge in [0.2, 0.25) is 0 Å². The normalized spacial score (nSPS) is 16.7. The molecule has 2 aromatic rings. The van der Waals surface area contributed by atoms with Crippen LogP contribution in [0.1, 0.15) is 35.1 Å². The molecule has 4 rings (SSSR count). The van der Waals surface area contributed by atoms with E-state index in [2.05, 4.69) is 73.4 Å². The van der Waals surface area contributed by atoms with E-state index in [1.807, 2.05) is 11.8 Å². The van der Waals surface area contributed by atoms with Crippen molar-refractivity contribution in [1.82, 2.24) is 4.90 Å². The minimum atomic E-state index is 1.07. The van der Waals surface area contributed by atoms with Crippen molar-refractivity contribution in [3.8, 4) is 0 Å². The number of nitrogens with zero attached hydrogens (tertiary/aromatic N) is 1. The van der Waals surface area contributed by atoms with Crippen LogP contribution < -0.4 is 0 Å². The van der Waals surface area contributed by atoms with Gasteiger partial charge in [-0.1, -0.05) is 59.3 Å². The summed E-state index contributed by atoms with van der Waals surface area (Å²) < 4.78 is 0. The second-order valence-electron chi connectivity index (χ2n) is 6.83. The van der Waals surface area contributed by atoms with Crippen LogP contribution in [0.5, 0.6) is 0 Å². The Balaban J connectivity index is 1.44. The molecule has 0 unspecified atom stereocenters. The average Bonchev–Trinajstić information content (AvgIpc) is 3.01. The predicted octanol–water partition coefficient (Wildman–Crippen LogP) is 5.97. The fourth-order valence-electron chi connectivity index (χ4n) is 3.44. The van der Waals surface area contributed by atoms with Crippen LogP contribution >= 0.6 is 11.8 Å². The van der Waals surface area contributed by atoms with Crippen LogP contribution in [-0.2, 0) is 13.1 Å². The molecule has 2 heteroatoms.